The van der Waals surface area contributed by atoms with E-state index < -0.39 is 0 Å². The Morgan fingerprint density at radius 2 is 2.11 bits per heavy atom. The highest BCUT2D eigenvalue weighted by atomic mass is 15.1. The molecule has 1 fully saturated rings. The summed E-state index contributed by atoms with van der Waals surface area (Å²) < 4.78 is 2.63. The normalized spacial score (nSPS) is 19.9. The molecule has 0 unspecified atom stereocenters. The first-order valence-electron chi connectivity index (χ1n) is 7.51. The van der Waals surface area contributed by atoms with Gasteiger partial charge in [0.2, 0.25) is 0 Å². The number of benzene rings is 1. The summed E-state index contributed by atoms with van der Waals surface area (Å²) in [5, 5.41) is 1.50. The molecule has 1 aromatic carbocycles. The highest BCUT2D eigenvalue weighted by molar-refractivity contribution is 5.86. The van der Waals surface area contributed by atoms with Crippen LogP contribution in [0.5, 0.6) is 0 Å². The first kappa shape index (κ1) is 11.5. The fourth-order valence-electron chi connectivity index (χ4n) is 3.47. The summed E-state index contributed by atoms with van der Waals surface area (Å²) in [6.45, 7) is 5.77. The van der Waals surface area contributed by atoms with Crippen molar-refractivity contribution >= 4 is 10.9 Å². The van der Waals surface area contributed by atoms with Crippen molar-refractivity contribution in [3.8, 4) is 0 Å². The molecule has 1 aromatic heterocycles. The van der Waals surface area contributed by atoms with E-state index in [1.807, 2.05) is 0 Å². The number of fused-ring (bicyclic) bond motifs is 3. The van der Waals surface area contributed by atoms with Gasteiger partial charge >= 0.3 is 0 Å². The Morgan fingerprint density at radius 1 is 1.26 bits per heavy atom. The highest BCUT2D eigenvalue weighted by Crippen LogP contribution is 2.36. The number of hydrogen-bond acceptors (Lipinski definition) is 1. The summed E-state index contributed by atoms with van der Waals surface area (Å²) in [5.41, 5.74) is 6.06. The second kappa shape index (κ2) is 4.11. The summed E-state index contributed by atoms with van der Waals surface area (Å²) in [6, 6.07) is 6.99. The van der Waals surface area contributed by atoms with Crippen LogP contribution in [-0.4, -0.2) is 23.1 Å². The van der Waals surface area contributed by atoms with Gasteiger partial charge in [0.15, 0.2) is 0 Å². The zero-order valence-corrected chi connectivity index (χ0v) is 11.9. The molecule has 19 heavy (non-hydrogen) atoms. The maximum Gasteiger partial charge on any atom is 0.0486 e. The summed E-state index contributed by atoms with van der Waals surface area (Å²) in [7, 11) is 2.24. The van der Waals surface area contributed by atoms with Gasteiger partial charge in [-0.2, -0.15) is 0 Å². The van der Waals surface area contributed by atoms with Crippen LogP contribution >= 0.6 is 0 Å². The molecule has 2 aliphatic rings. The van der Waals surface area contributed by atoms with Crippen LogP contribution in [0.25, 0.3) is 10.9 Å². The Hall–Kier alpha value is -1.28. The first-order valence-corrected chi connectivity index (χ1v) is 7.51. The lowest BCUT2D eigenvalue weighted by Crippen LogP contribution is -2.27. The molecule has 2 heteroatoms. The minimum atomic E-state index is 0.945. The third-order valence-corrected chi connectivity index (χ3v) is 4.74. The highest BCUT2D eigenvalue weighted by Gasteiger charge is 2.27. The first-order chi connectivity index (χ1) is 9.22. The Balaban J connectivity index is 1.93. The summed E-state index contributed by atoms with van der Waals surface area (Å²) >= 11 is 0. The molecule has 0 N–H and O–H groups in total. The minimum Gasteiger partial charge on any atom is -0.344 e. The molecule has 0 radical (unpaired) electrons. The van der Waals surface area contributed by atoms with Gasteiger partial charge in [0.1, 0.15) is 0 Å². The largest absolute Gasteiger partial charge is 0.344 e. The van der Waals surface area contributed by atoms with Crippen molar-refractivity contribution in [1.82, 2.24) is 9.47 Å². The molecular formula is C17H22N2. The molecular weight excluding hydrogens is 232 g/mol. The van der Waals surface area contributed by atoms with Crippen molar-refractivity contribution in [2.24, 2.45) is 5.92 Å². The third-order valence-electron chi connectivity index (χ3n) is 4.74. The molecule has 0 spiro atoms. The number of hydrogen-bond donors (Lipinski definition) is 0. The lowest BCUT2D eigenvalue weighted by atomic mass is 10.0. The molecule has 4 rings (SSSR count). The zero-order chi connectivity index (χ0) is 13.0. The molecule has 1 aliphatic carbocycles. The molecule has 0 bridgehead atoms. The number of nitrogens with zero attached hydrogens (tertiary/aromatic N) is 2. The van der Waals surface area contributed by atoms with Gasteiger partial charge in [0.05, 0.1) is 0 Å². The third kappa shape index (κ3) is 1.90. The van der Waals surface area contributed by atoms with Crippen molar-refractivity contribution in [2.45, 2.75) is 39.3 Å². The molecule has 1 saturated carbocycles. The van der Waals surface area contributed by atoms with Crippen LogP contribution in [0.4, 0.5) is 0 Å². The van der Waals surface area contributed by atoms with E-state index in [9.17, 15) is 0 Å². The van der Waals surface area contributed by atoms with Crippen molar-refractivity contribution in [3.63, 3.8) is 0 Å². The van der Waals surface area contributed by atoms with Gasteiger partial charge in [0, 0.05) is 42.7 Å². The lowest BCUT2D eigenvalue weighted by Gasteiger charge is -2.24. The van der Waals surface area contributed by atoms with Crippen LogP contribution in [0.2, 0.25) is 0 Å². The van der Waals surface area contributed by atoms with Gasteiger partial charge < -0.3 is 9.47 Å². The minimum absolute atomic E-state index is 0.945. The Labute approximate surface area is 115 Å². The molecule has 1 aliphatic heterocycles. The van der Waals surface area contributed by atoms with Gasteiger partial charge in [-0.3, -0.25) is 0 Å². The average molecular weight is 254 g/mol. The van der Waals surface area contributed by atoms with E-state index >= 15 is 0 Å². The van der Waals surface area contributed by atoms with Crippen LogP contribution in [0.3, 0.4) is 0 Å². The van der Waals surface area contributed by atoms with Crippen LogP contribution in [-0.2, 0) is 19.5 Å². The van der Waals surface area contributed by atoms with Gasteiger partial charge in [-0.25, -0.2) is 0 Å². The standard InChI is InChI=1S/C17H22N2/c1-12-3-6-16-14(9-12)15-11-18(2)8-7-17(15)19(16)10-13-4-5-13/h3,6,9,13H,4-5,7-8,10-11H2,1-2H3. The van der Waals surface area contributed by atoms with Crippen molar-refractivity contribution in [2.75, 3.05) is 13.6 Å². The number of aromatic nitrogens is 1. The van der Waals surface area contributed by atoms with Gasteiger partial charge in [-0.1, -0.05) is 11.6 Å². The molecule has 0 saturated heterocycles. The zero-order valence-electron chi connectivity index (χ0n) is 11.9. The average Bonchev–Trinajstić information content (AvgIpc) is 3.16. The van der Waals surface area contributed by atoms with E-state index in [0.717, 1.165) is 12.5 Å². The van der Waals surface area contributed by atoms with E-state index in [2.05, 4.69) is 41.6 Å². The second-order valence-electron chi connectivity index (χ2n) is 6.49. The quantitative estimate of drug-likeness (QED) is 0.798. The van der Waals surface area contributed by atoms with Crippen molar-refractivity contribution in [1.29, 1.82) is 0 Å². The summed E-state index contributed by atoms with van der Waals surface area (Å²) in [4.78, 5) is 2.45. The van der Waals surface area contributed by atoms with Crippen molar-refractivity contribution in [3.05, 3.63) is 35.0 Å². The van der Waals surface area contributed by atoms with E-state index in [1.165, 1.54) is 48.8 Å². The molecule has 0 amide bonds. The van der Waals surface area contributed by atoms with Gasteiger partial charge in [-0.15, -0.1) is 0 Å². The van der Waals surface area contributed by atoms with E-state index in [-0.39, 0.29) is 0 Å². The predicted molar refractivity (Wildman–Crippen MR) is 79.4 cm³/mol. The maximum absolute atomic E-state index is 2.63. The van der Waals surface area contributed by atoms with Crippen molar-refractivity contribution < 1.29 is 0 Å². The molecule has 2 aromatic rings. The van der Waals surface area contributed by atoms with Gasteiger partial charge in [-0.05, 0) is 50.4 Å². The smallest absolute Gasteiger partial charge is 0.0486 e. The molecule has 100 valence electrons. The topological polar surface area (TPSA) is 8.17 Å². The van der Waals surface area contributed by atoms with E-state index in [1.54, 1.807) is 11.3 Å². The van der Waals surface area contributed by atoms with Crippen LogP contribution < -0.4 is 0 Å². The van der Waals surface area contributed by atoms with Crippen LogP contribution in [0, 0.1) is 12.8 Å². The Kier molecular flexibility index (Phi) is 2.49. The van der Waals surface area contributed by atoms with Gasteiger partial charge in [0.25, 0.3) is 0 Å². The summed E-state index contributed by atoms with van der Waals surface area (Å²) in [5.74, 6) is 0.945. The monoisotopic (exact) mass is 254 g/mol. The second-order valence-corrected chi connectivity index (χ2v) is 6.49. The van der Waals surface area contributed by atoms with E-state index in [0.29, 0.717) is 0 Å². The lowest BCUT2D eigenvalue weighted by molar-refractivity contribution is 0.308. The molecule has 2 heterocycles. The van der Waals surface area contributed by atoms with Crippen LogP contribution in [0.15, 0.2) is 18.2 Å². The summed E-state index contributed by atoms with van der Waals surface area (Å²) in [6.07, 6.45) is 4.08. The molecule has 2 nitrogen and oxygen atoms in total. The molecule has 0 atom stereocenters. The Morgan fingerprint density at radius 3 is 2.89 bits per heavy atom. The number of likely N-dealkylation sites (N-methyl/N-ethyl adjacent to an activating group) is 1. The van der Waals surface area contributed by atoms with Crippen LogP contribution in [0.1, 0.15) is 29.7 Å². The SMILES string of the molecule is Cc1ccc2c(c1)c1c(n2CC2CC2)CCN(C)C1. The van der Waals surface area contributed by atoms with E-state index in [4.69, 9.17) is 0 Å². The number of aryl methyl sites for hydroxylation is 1. The maximum atomic E-state index is 2.63. The fraction of sp³-hybridized carbons (Fsp3) is 0.529. The predicted octanol–water partition coefficient (Wildman–Crippen LogP) is 3.35. The Bertz CT molecular complexity index is 634. The number of rotatable bonds is 2. The fourth-order valence-corrected chi connectivity index (χ4v) is 3.47.